The van der Waals surface area contributed by atoms with Gasteiger partial charge >= 0.3 is 5.97 Å². The van der Waals surface area contributed by atoms with E-state index in [0.29, 0.717) is 24.8 Å². The Labute approximate surface area is 274 Å². The minimum absolute atomic E-state index is 0.189. The molecule has 1 spiro atoms. The minimum Gasteiger partial charge on any atom is -0.455 e. The third-order valence-electron chi connectivity index (χ3n) is 9.33. The van der Waals surface area contributed by atoms with E-state index in [1.54, 1.807) is 24.0 Å². The van der Waals surface area contributed by atoms with E-state index in [4.69, 9.17) is 9.47 Å². The van der Waals surface area contributed by atoms with Gasteiger partial charge in [-0.1, -0.05) is 65.3 Å². The van der Waals surface area contributed by atoms with Crippen LogP contribution in [0.25, 0.3) is 0 Å². The topological polar surface area (TPSA) is 125 Å². The van der Waals surface area contributed by atoms with Crippen molar-refractivity contribution >= 4 is 39.6 Å². The van der Waals surface area contributed by atoms with Gasteiger partial charge in [-0.2, -0.15) is 0 Å². The summed E-state index contributed by atoms with van der Waals surface area (Å²) in [6.07, 6.45) is 3.26. The fourth-order valence-electron chi connectivity index (χ4n) is 7.21. The number of benzene rings is 1. The van der Waals surface area contributed by atoms with Crippen LogP contribution in [0.1, 0.15) is 65.0 Å². The second-order valence-corrected chi connectivity index (χ2v) is 13.7. The van der Waals surface area contributed by atoms with Crippen LogP contribution in [0.5, 0.6) is 0 Å². The molecule has 11 heteroatoms. The number of rotatable bonds is 15. The maximum atomic E-state index is 14.4. The molecule has 3 amide bonds. The van der Waals surface area contributed by atoms with Gasteiger partial charge in [-0.25, -0.2) is 0 Å². The van der Waals surface area contributed by atoms with E-state index in [-0.39, 0.29) is 42.3 Å². The van der Waals surface area contributed by atoms with Gasteiger partial charge in [0.1, 0.15) is 17.7 Å². The Morgan fingerprint density at radius 3 is 2.49 bits per heavy atom. The van der Waals surface area contributed by atoms with Crippen LogP contribution in [0.4, 0.5) is 0 Å². The Balaban J connectivity index is 1.72. The first-order valence-electron chi connectivity index (χ1n) is 15.8. The summed E-state index contributed by atoms with van der Waals surface area (Å²) >= 11 is 3.70. The van der Waals surface area contributed by atoms with Crippen LogP contribution in [0, 0.1) is 11.8 Å². The molecule has 0 radical (unpaired) electrons. The van der Waals surface area contributed by atoms with Crippen molar-refractivity contribution in [2.75, 3.05) is 13.2 Å². The molecule has 3 fully saturated rings. The highest BCUT2D eigenvalue weighted by molar-refractivity contribution is 9.09. The first-order chi connectivity index (χ1) is 21.5. The SMILES string of the molecule is C=CCCC(=O)N[C@H](C)[C@@H](OC(=O)[C@@H]1[C@H]2O[C@@]3(CC2Br)[C@H](C(=O)N(CC=C)C(C)C)N([C@@H](CC)CO)C(=O)[C@@H]13)c1ccccc1. The van der Waals surface area contributed by atoms with Gasteiger partial charge in [-0.15, -0.1) is 13.2 Å². The Hall–Kier alpha value is -3.02. The second-order valence-electron chi connectivity index (χ2n) is 12.5. The molecule has 3 saturated heterocycles. The van der Waals surface area contributed by atoms with Crippen molar-refractivity contribution in [3.8, 4) is 0 Å². The zero-order chi connectivity index (χ0) is 33.1. The Bertz CT molecular complexity index is 1270. The molecule has 0 saturated carbocycles. The molecular formula is C34H46BrN3O7. The molecule has 2 bridgehead atoms. The molecule has 1 aromatic rings. The third-order valence-corrected chi connectivity index (χ3v) is 10.2. The van der Waals surface area contributed by atoms with Crippen LogP contribution in [0.3, 0.4) is 0 Å². The van der Waals surface area contributed by atoms with Crippen LogP contribution < -0.4 is 5.32 Å². The monoisotopic (exact) mass is 687 g/mol. The summed E-state index contributed by atoms with van der Waals surface area (Å²) in [5, 5.41) is 13.3. The molecule has 3 heterocycles. The largest absolute Gasteiger partial charge is 0.455 e. The van der Waals surface area contributed by atoms with Crippen LogP contribution in [0.2, 0.25) is 0 Å². The van der Waals surface area contributed by atoms with E-state index in [1.165, 1.54) is 4.90 Å². The van der Waals surface area contributed by atoms with Crippen molar-refractivity contribution in [2.45, 2.75) is 100 Å². The number of fused-ring (bicyclic) bond motifs is 1. The number of nitrogens with one attached hydrogen (secondary N) is 1. The number of amides is 3. The molecule has 1 aromatic carbocycles. The molecule has 246 valence electrons. The van der Waals surface area contributed by atoms with Crippen LogP contribution in [-0.4, -0.2) is 92.4 Å². The number of hydrogen-bond acceptors (Lipinski definition) is 7. The van der Waals surface area contributed by atoms with E-state index < -0.39 is 59.6 Å². The first kappa shape index (κ1) is 34.8. The highest BCUT2D eigenvalue weighted by Gasteiger charge is 2.77. The summed E-state index contributed by atoms with van der Waals surface area (Å²) in [4.78, 5) is 58.4. The lowest BCUT2D eigenvalue weighted by Crippen LogP contribution is -2.59. The number of esters is 1. The number of halogens is 1. The Kier molecular flexibility index (Phi) is 11.3. The fraction of sp³-hybridized carbons (Fsp3) is 0.588. The van der Waals surface area contributed by atoms with Gasteiger partial charge in [0.25, 0.3) is 0 Å². The fourth-order valence-corrected chi connectivity index (χ4v) is 8.16. The normalized spacial score (nSPS) is 28.7. The molecular weight excluding hydrogens is 642 g/mol. The second kappa shape index (κ2) is 14.6. The molecule has 10 nitrogen and oxygen atoms in total. The van der Waals surface area contributed by atoms with Crippen molar-refractivity contribution in [1.82, 2.24) is 15.1 Å². The van der Waals surface area contributed by atoms with Gasteiger partial charge < -0.3 is 29.7 Å². The molecule has 2 N–H and O–H groups in total. The van der Waals surface area contributed by atoms with Crippen molar-refractivity contribution in [2.24, 2.45) is 11.8 Å². The van der Waals surface area contributed by atoms with E-state index in [9.17, 15) is 24.3 Å². The van der Waals surface area contributed by atoms with Gasteiger partial charge in [0.05, 0.1) is 36.6 Å². The number of carbonyl (C=O) groups excluding carboxylic acids is 4. The quantitative estimate of drug-likeness (QED) is 0.164. The first-order valence-corrected chi connectivity index (χ1v) is 16.7. The number of nitrogens with zero attached hydrogens (tertiary/aromatic N) is 2. The lowest BCUT2D eigenvalue weighted by Gasteiger charge is -2.40. The third kappa shape index (κ3) is 6.49. The summed E-state index contributed by atoms with van der Waals surface area (Å²) in [6, 6.07) is 6.69. The summed E-state index contributed by atoms with van der Waals surface area (Å²) in [5.74, 6) is -3.53. The van der Waals surface area contributed by atoms with Gasteiger partial charge in [0.2, 0.25) is 17.7 Å². The summed E-state index contributed by atoms with van der Waals surface area (Å²) in [6.45, 7) is 14.8. The van der Waals surface area contributed by atoms with Crippen molar-refractivity contribution in [3.05, 3.63) is 61.2 Å². The number of carbonyl (C=O) groups is 4. The molecule has 3 aliphatic rings. The van der Waals surface area contributed by atoms with Crippen molar-refractivity contribution < 1.29 is 33.8 Å². The average Bonchev–Trinajstić information content (AvgIpc) is 3.61. The maximum Gasteiger partial charge on any atom is 0.313 e. The Morgan fingerprint density at radius 1 is 1.22 bits per heavy atom. The molecule has 9 atom stereocenters. The maximum absolute atomic E-state index is 14.4. The van der Waals surface area contributed by atoms with E-state index in [0.717, 1.165) is 0 Å². The number of aliphatic hydroxyl groups is 1. The molecule has 3 aliphatic heterocycles. The lowest BCUT2D eigenvalue weighted by molar-refractivity contribution is -0.162. The number of allylic oxidation sites excluding steroid dienone is 1. The highest BCUT2D eigenvalue weighted by atomic mass is 79.9. The zero-order valence-electron chi connectivity index (χ0n) is 26.6. The standard InChI is InChI=1S/C34H46BrN3O7/c1-7-10-16-25(40)36-21(6)28(22-14-12-11-13-15-22)44-33(43)26-27-31(41)38(23(9-3)19-39)30(32(42)37(17-8-2)20(4)5)34(27)18-24(35)29(26)45-34/h7-8,11-15,20-21,23-24,26-30,39H,1-2,9-10,16-19H2,3-6H3,(H,36,40)/t21-,23+,24?,26+,27-,28-,29+,30+,34-/m1/s1. The summed E-state index contributed by atoms with van der Waals surface area (Å²) in [5.41, 5.74) is -0.604. The predicted molar refractivity (Wildman–Crippen MR) is 173 cm³/mol. The van der Waals surface area contributed by atoms with Crippen LogP contribution >= 0.6 is 15.9 Å². The van der Waals surface area contributed by atoms with Gasteiger partial charge in [0.15, 0.2) is 0 Å². The summed E-state index contributed by atoms with van der Waals surface area (Å²) in [7, 11) is 0. The number of likely N-dealkylation sites (tertiary alicyclic amines) is 1. The minimum atomic E-state index is -1.29. The van der Waals surface area contributed by atoms with Gasteiger partial charge in [-0.05, 0) is 45.6 Å². The number of hydrogen-bond donors (Lipinski definition) is 2. The number of aliphatic hydroxyl groups excluding tert-OH is 1. The van der Waals surface area contributed by atoms with Crippen molar-refractivity contribution in [3.63, 3.8) is 0 Å². The van der Waals surface area contributed by atoms with Crippen molar-refractivity contribution in [1.29, 1.82) is 0 Å². The van der Waals surface area contributed by atoms with E-state index >= 15 is 0 Å². The Morgan fingerprint density at radius 2 is 1.91 bits per heavy atom. The molecule has 0 aromatic heterocycles. The smallest absolute Gasteiger partial charge is 0.313 e. The number of ether oxygens (including phenoxy) is 2. The average molecular weight is 689 g/mol. The van der Waals surface area contributed by atoms with E-state index in [1.807, 2.05) is 51.1 Å². The van der Waals surface area contributed by atoms with E-state index in [2.05, 4.69) is 34.4 Å². The molecule has 1 unspecified atom stereocenters. The van der Waals surface area contributed by atoms with Crippen LogP contribution in [0.15, 0.2) is 55.6 Å². The lowest BCUT2D eigenvalue weighted by atomic mass is 9.70. The number of alkyl halides is 1. The van der Waals surface area contributed by atoms with Crippen LogP contribution in [-0.2, 0) is 28.7 Å². The summed E-state index contributed by atoms with van der Waals surface area (Å²) < 4.78 is 12.8. The predicted octanol–water partition coefficient (Wildman–Crippen LogP) is 3.68. The van der Waals surface area contributed by atoms with Gasteiger partial charge in [-0.3, -0.25) is 19.2 Å². The zero-order valence-corrected chi connectivity index (χ0v) is 28.1. The van der Waals surface area contributed by atoms with Gasteiger partial charge in [0, 0.05) is 23.8 Å². The highest BCUT2D eigenvalue weighted by Crippen LogP contribution is 2.61. The molecule has 0 aliphatic carbocycles. The molecule has 4 rings (SSSR count). The molecule has 45 heavy (non-hydrogen) atoms.